The maximum Gasteiger partial charge on any atom is 0.275 e. The highest BCUT2D eigenvalue weighted by molar-refractivity contribution is 5.98. The standard InChI is InChI=1S/C14H17N7O/c15-11-10-12(20-14(16)19-11)18-9-8(17-10)6-21(13(9)22)7-4-2-1-3-5-7/h7H,1-6H2,(H4,15,16,18,19,20). The van der Waals surface area contributed by atoms with E-state index in [4.69, 9.17) is 11.5 Å². The summed E-state index contributed by atoms with van der Waals surface area (Å²) in [5, 5.41) is 0. The fourth-order valence-electron chi connectivity index (χ4n) is 3.36. The van der Waals surface area contributed by atoms with Crippen molar-refractivity contribution in [3.63, 3.8) is 0 Å². The van der Waals surface area contributed by atoms with Gasteiger partial charge in [0.2, 0.25) is 5.95 Å². The van der Waals surface area contributed by atoms with Crippen LogP contribution in [0.15, 0.2) is 0 Å². The third-order valence-electron chi connectivity index (χ3n) is 4.45. The smallest absolute Gasteiger partial charge is 0.275 e. The number of nitrogen functional groups attached to an aromatic ring is 2. The molecule has 1 amide bonds. The van der Waals surface area contributed by atoms with E-state index in [2.05, 4.69) is 19.9 Å². The van der Waals surface area contributed by atoms with Crippen LogP contribution in [0.4, 0.5) is 11.8 Å². The second-order valence-corrected chi connectivity index (χ2v) is 5.88. The molecule has 22 heavy (non-hydrogen) atoms. The van der Waals surface area contributed by atoms with Crippen molar-refractivity contribution in [2.45, 2.75) is 44.7 Å². The lowest BCUT2D eigenvalue weighted by molar-refractivity contribution is 0.0655. The number of hydrogen-bond donors (Lipinski definition) is 2. The Morgan fingerprint density at radius 2 is 1.77 bits per heavy atom. The summed E-state index contributed by atoms with van der Waals surface area (Å²) in [4.78, 5) is 31.2. The van der Waals surface area contributed by atoms with Gasteiger partial charge in [-0.05, 0) is 12.8 Å². The minimum atomic E-state index is -0.0629. The van der Waals surface area contributed by atoms with E-state index in [1.807, 2.05) is 4.90 Å². The molecule has 114 valence electrons. The fourth-order valence-corrected chi connectivity index (χ4v) is 3.36. The van der Waals surface area contributed by atoms with Crippen molar-refractivity contribution in [1.82, 2.24) is 24.8 Å². The summed E-state index contributed by atoms with van der Waals surface area (Å²) in [5.74, 6) is 0.169. The Balaban J connectivity index is 1.76. The number of aromatic nitrogens is 4. The van der Waals surface area contributed by atoms with Crippen LogP contribution in [-0.2, 0) is 6.54 Å². The summed E-state index contributed by atoms with van der Waals surface area (Å²) in [6.45, 7) is 0.492. The second-order valence-electron chi connectivity index (χ2n) is 5.88. The Hall–Kier alpha value is -2.51. The topological polar surface area (TPSA) is 124 Å². The zero-order chi connectivity index (χ0) is 15.3. The second kappa shape index (κ2) is 4.75. The molecule has 8 nitrogen and oxygen atoms in total. The first kappa shape index (κ1) is 13.2. The number of amides is 1. The van der Waals surface area contributed by atoms with Crippen LogP contribution in [0, 0.1) is 0 Å². The molecule has 8 heteroatoms. The number of anilines is 2. The van der Waals surface area contributed by atoms with Crippen molar-refractivity contribution in [3.05, 3.63) is 11.4 Å². The Labute approximate surface area is 127 Å². The van der Waals surface area contributed by atoms with Crippen LogP contribution in [-0.4, -0.2) is 36.8 Å². The summed E-state index contributed by atoms with van der Waals surface area (Å²) < 4.78 is 0. The monoisotopic (exact) mass is 299 g/mol. The van der Waals surface area contributed by atoms with E-state index in [-0.39, 0.29) is 29.4 Å². The van der Waals surface area contributed by atoms with Crippen LogP contribution in [0.2, 0.25) is 0 Å². The quantitative estimate of drug-likeness (QED) is 0.800. The molecule has 4 N–H and O–H groups in total. The molecule has 0 bridgehead atoms. The van der Waals surface area contributed by atoms with E-state index < -0.39 is 0 Å². The number of nitrogens with zero attached hydrogens (tertiary/aromatic N) is 5. The van der Waals surface area contributed by atoms with Gasteiger partial charge in [-0.2, -0.15) is 9.97 Å². The molecule has 0 radical (unpaired) electrons. The van der Waals surface area contributed by atoms with Crippen molar-refractivity contribution in [2.75, 3.05) is 11.5 Å². The molecule has 0 unspecified atom stereocenters. The van der Waals surface area contributed by atoms with Crippen LogP contribution in [0.3, 0.4) is 0 Å². The first-order valence-electron chi connectivity index (χ1n) is 7.54. The number of carbonyl (C=O) groups excluding carboxylic acids is 1. The average molecular weight is 299 g/mol. The van der Waals surface area contributed by atoms with Gasteiger partial charge in [-0.25, -0.2) is 9.97 Å². The van der Waals surface area contributed by atoms with Crippen molar-refractivity contribution >= 4 is 28.8 Å². The van der Waals surface area contributed by atoms with Gasteiger partial charge in [-0.3, -0.25) is 4.79 Å². The molecule has 0 atom stereocenters. The van der Waals surface area contributed by atoms with E-state index in [9.17, 15) is 4.79 Å². The van der Waals surface area contributed by atoms with Gasteiger partial charge in [-0.15, -0.1) is 0 Å². The molecule has 1 aliphatic heterocycles. The first-order valence-corrected chi connectivity index (χ1v) is 7.54. The van der Waals surface area contributed by atoms with Crippen LogP contribution in [0.5, 0.6) is 0 Å². The molecule has 2 aromatic rings. The van der Waals surface area contributed by atoms with Gasteiger partial charge in [0, 0.05) is 6.04 Å². The first-order chi connectivity index (χ1) is 10.6. The van der Waals surface area contributed by atoms with Gasteiger partial charge < -0.3 is 16.4 Å². The predicted molar refractivity (Wildman–Crippen MR) is 80.7 cm³/mol. The lowest BCUT2D eigenvalue weighted by atomic mass is 9.94. The van der Waals surface area contributed by atoms with Crippen LogP contribution in [0.25, 0.3) is 11.2 Å². The molecule has 0 saturated heterocycles. The Kier molecular flexibility index (Phi) is 2.85. The summed E-state index contributed by atoms with van der Waals surface area (Å²) in [6, 6.07) is 0.286. The Morgan fingerprint density at radius 1 is 1.00 bits per heavy atom. The summed E-state index contributed by atoms with van der Waals surface area (Å²) in [6.07, 6.45) is 5.69. The van der Waals surface area contributed by atoms with Crippen LogP contribution in [0.1, 0.15) is 48.3 Å². The van der Waals surface area contributed by atoms with E-state index in [1.165, 1.54) is 19.3 Å². The maximum absolute atomic E-state index is 12.6. The number of nitrogens with two attached hydrogens (primary N) is 2. The summed E-state index contributed by atoms with van der Waals surface area (Å²) >= 11 is 0. The third kappa shape index (κ3) is 1.94. The molecular weight excluding hydrogens is 282 g/mol. The highest BCUT2D eigenvalue weighted by Gasteiger charge is 2.36. The SMILES string of the molecule is Nc1nc(N)c2nc3c(nc2n1)C(=O)N(C1CCCCC1)C3. The van der Waals surface area contributed by atoms with Gasteiger partial charge in [-0.1, -0.05) is 19.3 Å². The van der Waals surface area contributed by atoms with Crippen LogP contribution < -0.4 is 11.5 Å². The van der Waals surface area contributed by atoms with E-state index in [0.29, 0.717) is 23.4 Å². The van der Waals surface area contributed by atoms with Gasteiger partial charge in [0.15, 0.2) is 22.7 Å². The number of rotatable bonds is 1. The van der Waals surface area contributed by atoms with Gasteiger partial charge in [0.25, 0.3) is 5.91 Å². The lowest BCUT2D eigenvalue weighted by Crippen LogP contribution is -2.37. The maximum atomic E-state index is 12.6. The zero-order valence-electron chi connectivity index (χ0n) is 12.1. The van der Waals surface area contributed by atoms with Gasteiger partial charge in [0.1, 0.15) is 0 Å². The summed E-state index contributed by atoms with van der Waals surface area (Å²) in [5.41, 5.74) is 13.1. The molecule has 2 aromatic heterocycles. The number of hydrogen-bond acceptors (Lipinski definition) is 7. The third-order valence-corrected chi connectivity index (χ3v) is 4.45. The molecule has 1 aliphatic carbocycles. The highest BCUT2D eigenvalue weighted by atomic mass is 16.2. The molecule has 3 heterocycles. The highest BCUT2D eigenvalue weighted by Crippen LogP contribution is 2.30. The molecule has 4 rings (SSSR count). The molecule has 1 saturated carbocycles. The number of fused-ring (bicyclic) bond motifs is 2. The zero-order valence-corrected chi connectivity index (χ0v) is 12.1. The summed E-state index contributed by atoms with van der Waals surface area (Å²) in [7, 11) is 0. The molecule has 0 spiro atoms. The minimum Gasteiger partial charge on any atom is -0.382 e. The van der Waals surface area contributed by atoms with Crippen molar-refractivity contribution in [2.24, 2.45) is 0 Å². The Morgan fingerprint density at radius 3 is 2.55 bits per heavy atom. The normalized spacial score (nSPS) is 18.9. The largest absolute Gasteiger partial charge is 0.382 e. The van der Waals surface area contributed by atoms with E-state index in [1.54, 1.807) is 0 Å². The van der Waals surface area contributed by atoms with Gasteiger partial charge >= 0.3 is 0 Å². The van der Waals surface area contributed by atoms with Crippen molar-refractivity contribution in [3.8, 4) is 0 Å². The Bertz CT molecular complexity index is 769. The molecular formula is C14H17N7O. The minimum absolute atomic E-state index is 0.0360. The lowest BCUT2D eigenvalue weighted by Gasteiger charge is -2.30. The molecule has 2 aliphatic rings. The van der Waals surface area contributed by atoms with Gasteiger partial charge in [0.05, 0.1) is 12.2 Å². The van der Waals surface area contributed by atoms with Crippen LogP contribution >= 0.6 is 0 Å². The van der Waals surface area contributed by atoms with E-state index >= 15 is 0 Å². The fraction of sp³-hybridized carbons (Fsp3) is 0.500. The van der Waals surface area contributed by atoms with E-state index in [0.717, 1.165) is 12.8 Å². The molecule has 0 aromatic carbocycles. The molecule has 1 fully saturated rings. The average Bonchev–Trinajstić information content (AvgIpc) is 2.83. The van der Waals surface area contributed by atoms with Crippen molar-refractivity contribution < 1.29 is 4.79 Å². The van der Waals surface area contributed by atoms with Crippen molar-refractivity contribution in [1.29, 1.82) is 0 Å². The number of carbonyl (C=O) groups is 1. The predicted octanol–water partition coefficient (Wildman–Crippen LogP) is 0.873.